The number of hydrogen-bond acceptors (Lipinski definition) is 2. The maximum absolute atomic E-state index is 13.5. The summed E-state index contributed by atoms with van der Waals surface area (Å²) in [5.74, 6) is -0.744. The van der Waals surface area contributed by atoms with Crippen LogP contribution in [0.3, 0.4) is 0 Å². The molecule has 0 bridgehead atoms. The molecule has 1 heterocycles. The molecule has 0 saturated heterocycles. The maximum Gasteiger partial charge on any atom is 0.141 e. The summed E-state index contributed by atoms with van der Waals surface area (Å²) in [6.45, 7) is 1.78. The van der Waals surface area contributed by atoms with E-state index in [1.54, 1.807) is 25.1 Å². The summed E-state index contributed by atoms with van der Waals surface area (Å²) >= 11 is 3.21. The van der Waals surface area contributed by atoms with Gasteiger partial charge in [0.1, 0.15) is 11.6 Å². The SMILES string of the molecule is CC(N)(Cc1cccc(F)c1Br)c1ccc(F)cn1. The van der Waals surface area contributed by atoms with Gasteiger partial charge in [0.05, 0.1) is 21.9 Å². The van der Waals surface area contributed by atoms with Gasteiger partial charge in [0.25, 0.3) is 0 Å². The Balaban J connectivity index is 2.30. The van der Waals surface area contributed by atoms with Gasteiger partial charge in [-0.15, -0.1) is 0 Å². The molecule has 100 valence electrons. The van der Waals surface area contributed by atoms with Gasteiger partial charge in [0, 0.05) is 0 Å². The second-order valence-corrected chi connectivity index (χ2v) is 5.46. The summed E-state index contributed by atoms with van der Waals surface area (Å²) < 4.78 is 26.7. The zero-order valence-electron chi connectivity index (χ0n) is 10.3. The molecule has 0 amide bonds. The van der Waals surface area contributed by atoms with E-state index in [1.165, 1.54) is 12.1 Å². The van der Waals surface area contributed by atoms with Crippen LogP contribution in [0.1, 0.15) is 18.2 Å². The summed E-state index contributed by atoms with van der Waals surface area (Å²) in [6.07, 6.45) is 1.52. The molecule has 0 radical (unpaired) electrons. The zero-order chi connectivity index (χ0) is 14.0. The molecule has 0 fully saturated rings. The van der Waals surface area contributed by atoms with Gasteiger partial charge in [0.15, 0.2) is 0 Å². The molecule has 2 nitrogen and oxygen atoms in total. The fourth-order valence-electron chi connectivity index (χ4n) is 1.88. The van der Waals surface area contributed by atoms with Crippen molar-refractivity contribution in [1.82, 2.24) is 4.98 Å². The van der Waals surface area contributed by atoms with Gasteiger partial charge in [0.2, 0.25) is 0 Å². The number of halogens is 3. The van der Waals surface area contributed by atoms with E-state index in [0.29, 0.717) is 16.6 Å². The van der Waals surface area contributed by atoms with Crippen molar-refractivity contribution in [3.05, 3.63) is 63.9 Å². The minimum Gasteiger partial charge on any atom is -0.320 e. The first-order valence-corrected chi connectivity index (χ1v) is 6.53. The second-order valence-electron chi connectivity index (χ2n) is 4.67. The van der Waals surface area contributed by atoms with Crippen molar-refractivity contribution in [2.75, 3.05) is 0 Å². The fourth-order valence-corrected chi connectivity index (χ4v) is 2.29. The lowest BCUT2D eigenvalue weighted by Gasteiger charge is -2.24. The van der Waals surface area contributed by atoms with Crippen LogP contribution in [-0.2, 0) is 12.0 Å². The summed E-state index contributed by atoms with van der Waals surface area (Å²) in [5.41, 5.74) is 6.72. The molecule has 0 saturated carbocycles. The van der Waals surface area contributed by atoms with Gasteiger partial charge < -0.3 is 5.73 Å². The number of nitrogens with two attached hydrogens (primary N) is 1. The lowest BCUT2D eigenvalue weighted by Crippen LogP contribution is -2.36. The topological polar surface area (TPSA) is 38.9 Å². The molecule has 1 unspecified atom stereocenters. The number of pyridine rings is 1. The number of nitrogens with zero attached hydrogens (tertiary/aromatic N) is 1. The molecule has 1 aromatic heterocycles. The van der Waals surface area contributed by atoms with E-state index >= 15 is 0 Å². The quantitative estimate of drug-likeness (QED) is 0.936. The van der Waals surface area contributed by atoms with Crippen LogP contribution in [0.25, 0.3) is 0 Å². The molecule has 0 aliphatic rings. The highest BCUT2D eigenvalue weighted by Crippen LogP contribution is 2.27. The van der Waals surface area contributed by atoms with Crippen LogP contribution < -0.4 is 5.73 Å². The first-order chi connectivity index (χ1) is 8.90. The molecule has 5 heteroatoms. The monoisotopic (exact) mass is 326 g/mol. The Morgan fingerprint density at radius 2 is 2.00 bits per heavy atom. The standard InChI is InChI=1S/C14H13BrF2N2/c1-14(18,12-6-5-10(16)8-19-12)7-9-3-2-4-11(17)13(9)15/h2-6,8H,7,18H2,1H3. The third-order valence-electron chi connectivity index (χ3n) is 2.90. The van der Waals surface area contributed by atoms with E-state index < -0.39 is 11.4 Å². The Kier molecular flexibility index (Phi) is 3.96. The van der Waals surface area contributed by atoms with Crippen molar-refractivity contribution in [2.45, 2.75) is 18.9 Å². The summed E-state index contributed by atoms with van der Waals surface area (Å²) in [7, 11) is 0. The van der Waals surface area contributed by atoms with Crippen molar-refractivity contribution in [3.8, 4) is 0 Å². The molecule has 1 aromatic carbocycles. The minimum atomic E-state index is -0.802. The van der Waals surface area contributed by atoms with Crippen LogP contribution >= 0.6 is 15.9 Å². The van der Waals surface area contributed by atoms with Crippen LogP contribution in [0.4, 0.5) is 8.78 Å². The molecular weight excluding hydrogens is 314 g/mol. The number of hydrogen-bond donors (Lipinski definition) is 1. The van der Waals surface area contributed by atoms with Crippen LogP contribution in [0.15, 0.2) is 41.0 Å². The lowest BCUT2D eigenvalue weighted by molar-refractivity contribution is 0.470. The predicted octanol–water partition coefficient (Wildman–Crippen LogP) is 3.54. The molecule has 1 atom stereocenters. The Morgan fingerprint density at radius 3 is 2.63 bits per heavy atom. The van der Waals surface area contributed by atoms with Crippen molar-refractivity contribution in [1.29, 1.82) is 0 Å². The Bertz CT molecular complexity index is 582. The molecule has 0 aliphatic carbocycles. The first kappa shape index (κ1) is 14.1. The van der Waals surface area contributed by atoms with Gasteiger partial charge in [-0.2, -0.15) is 0 Å². The van der Waals surface area contributed by atoms with Gasteiger partial charge in [-0.1, -0.05) is 12.1 Å². The highest BCUT2D eigenvalue weighted by molar-refractivity contribution is 9.10. The third-order valence-corrected chi connectivity index (χ3v) is 3.79. The average molecular weight is 327 g/mol. The fraction of sp³-hybridized carbons (Fsp3) is 0.214. The molecule has 2 rings (SSSR count). The van der Waals surface area contributed by atoms with E-state index in [9.17, 15) is 8.78 Å². The van der Waals surface area contributed by atoms with E-state index in [2.05, 4.69) is 20.9 Å². The van der Waals surface area contributed by atoms with E-state index in [4.69, 9.17) is 5.73 Å². The van der Waals surface area contributed by atoms with Crippen LogP contribution in [0.5, 0.6) is 0 Å². The Hall–Kier alpha value is -1.33. The van der Waals surface area contributed by atoms with Crippen LogP contribution in [0, 0.1) is 11.6 Å². The van der Waals surface area contributed by atoms with E-state index in [0.717, 1.165) is 11.8 Å². The van der Waals surface area contributed by atoms with Gasteiger partial charge in [-0.25, -0.2) is 8.78 Å². The molecule has 2 N–H and O–H groups in total. The second kappa shape index (κ2) is 5.35. The summed E-state index contributed by atoms with van der Waals surface area (Å²) in [4.78, 5) is 3.99. The highest BCUT2D eigenvalue weighted by atomic mass is 79.9. The lowest BCUT2D eigenvalue weighted by atomic mass is 9.90. The largest absolute Gasteiger partial charge is 0.320 e. The summed E-state index contributed by atoms with van der Waals surface area (Å²) in [6, 6.07) is 7.65. The third kappa shape index (κ3) is 3.16. The first-order valence-electron chi connectivity index (χ1n) is 5.74. The Morgan fingerprint density at radius 1 is 1.26 bits per heavy atom. The molecule has 0 aliphatic heterocycles. The van der Waals surface area contributed by atoms with E-state index in [1.807, 2.05) is 0 Å². The van der Waals surface area contributed by atoms with Crippen LogP contribution in [0.2, 0.25) is 0 Å². The number of rotatable bonds is 3. The van der Waals surface area contributed by atoms with Crippen molar-refractivity contribution < 1.29 is 8.78 Å². The van der Waals surface area contributed by atoms with Crippen LogP contribution in [-0.4, -0.2) is 4.98 Å². The normalized spacial score (nSPS) is 14.2. The van der Waals surface area contributed by atoms with Gasteiger partial charge in [-0.3, -0.25) is 4.98 Å². The zero-order valence-corrected chi connectivity index (χ0v) is 11.9. The van der Waals surface area contributed by atoms with Gasteiger partial charge in [-0.05, 0) is 53.0 Å². The van der Waals surface area contributed by atoms with Crippen molar-refractivity contribution >= 4 is 15.9 Å². The molecule has 0 spiro atoms. The smallest absolute Gasteiger partial charge is 0.141 e. The Labute approximate surface area is 118 Å². The summed E-state index contributed by atoms with van der Waals surface area (Å²) in [5, 5.41) is 0. The van der Waals surface area contributed by atoms with E-state index in [-0.39, 0.29) is 5.82 Å². The minimum absolute atomic E-state index is 0.333. The highest BCUT2D eigenvalue weighted by Gasteiger charge is 2.24. The number of aromatic nitrogens is 1. The maximum atomic E-state index is 13.5. The predicted molar refractivity (Wildman–Crippen MR) is 73.5 cm³/mol. The number of benzene rings is 1. The molecule has 2 aromatic rings. The van der Waals surface area contributed by atoms with Crippen molar-refractivity contribution in [2.24, 2.45) is 5.73 Å². The molecular formula is C14H13BrF2N2. The average Bonchev–Trinajstić information content (AvgIpc) is 2.35. The van der Waals surface area contributed by atoms with Crippen molar-refractivity contribution in [3.63, 3.8) is 0 Å². The molecule has 19 heavy (non-hydrogen) atoms. The van der Waals surface area contributed by atoms with Gasteiger partial charge >= 0.3 is 0 Å².